The van der Waals surface area contributed by atoms with Gasteiger partial charge in [0.25, 0.3) is 0 Å². The Hall–Kier alpha value is -4.10. The molecule has 186 valence electrons. The quantitative estimate of drug-likeness (QED) is 0.177. The number of rotatable bonds is 8. The molecule has 0 bridgehead atoms. The summed E-state index contributed by atoms with van der Waals surface area (Å²) in [6.07, 6.45) is -1.53. The SMILES string of the molecule is Nc1nc(N/N=C/c2cccc(OCc3ccccc3)c2)nc2c1ncn2[C@@H]1O[C@H](CO)C(O)C1O. The number of aromatic nitrogens is 4. The van der Waals surface area contributed by atoms with Crippen molar-refractivity contribution >= 4 is 29.1 Å². The van der Waals surface area contributed by atoms with Crippen LogP contribution in [0.1, 0.15) is 17.4 Å². The standard InChI is InChI=1S/C24H25N7O5/c25-21-18-22(31(13-26-18)23-20(34)19(33)17(11-32)36-23)29-24(28-21)30-27-10-15-7-4-8-16(9-15)35-12-14-5-2-1-3-6-14/h1-10,13,17,19-20,23,32-34H,11-12H2,(H3,25,28,29,30)/b27-10+/t17-,19?,20?,23-/m1/s1. The number of hydrogen-bond acceptors (Lipinski definition) is 11. The second-order valence-electron chi connectivity index (χ2n) is 8.20. The van der Waals surface area contributed by atoms with E-state index in [1.165, 1.54) is 10.9 Å². The molecule has 12 heteroatoms. The number of aliphatic hydroxyl groups excluding tert-OH is 3. The van der Waals surface area contributed by atoms with Gasteiger partial charge >= 0.3 is 0 Å². The van der Waals surface area contributed by atoms with Crippen LogP contribution in [-0.4, -0.2) is 66.0 Å². The van der Waals surface area contributed by atoms with Crippen LogP contribution in [0.4, 0.5) is 11.8 Å². The summed E-state index contributed by atoms with van der Waals surface area (Å²) in [6, 6.07) is 17.3. The zero-order valence-corrected chi connectivity index (χ0v) is 19.0. The van der Waals surface area contributed by atoms with Gasteiger partial charge in [0, 0.05) is 0 Å². The Morgan fingerprint density at radius 2 is 1.94 bits per heavy atom. The van der Waals surface area contributed by atoms with E-state index in [1.54, 1.807) is 6.21 Å². The maximum atomic E-state index is 10.4. The molecule has 3 heterocycles. The van der Waals surface area contributed by atoms with Crippen molar-refractivity contribution in [3.05, 3.63) is 72.1 Å². The first-order chi connectivity index (χ1) is 17.5. The molecule has 1 saturated heterocycles. The highest BCUT2D eigenvalue weighted by Gasteiger charge is 2.44. The number of hydrazone groups is 1. The Morgan fingerprint density at radius 1 is 1.11 bits per heavy atom. The van der Waals surface area contributed by atoms with Gasteiger partial charge in [0.1, 0.15) is 36.2 Å². The molecule has 5 rings (SSSR count). The molecule has 1 fully saturated rings. The summed E-state index contributed by atoms with van der Waals surface area (Å²) in [5.74, 6) is 0.896. The maximum Gasteiger partial charge on any atom is 0.247 e. The molecule has 4 aromatic rings. The third kappa shape index (κ3) is 4.83. The van der Waals surface area contributed by atoms with E-state index in [1.807, 2.05) is 54.6 Å². The summed E-state index contributed by atoms with van der Waals surface area (Å²) in [7, 11) is 0. The summed E-state index contributed by atoms with van der Waals surface area (Å²) in [5, 5.41) is 34.0. The smallest absolute Gasteiger partial charge is 0.247 e. The van der Waals surface area contributed by atoms with E-state index in [2.05, 4.69) is 25.5 Å². The van der Waals surface area contributed by atoms with Crippen molar-refractivity contribution in [3.63, 3.8) is 0 Å². The van der Waals surface area contributed by atoms with E-state index in [0.717, 1.165) is 11.1 Å². The highest BCUT2D eigenvalue weighted by atomic mass is 16.6. The lowest BCUT2D eigenvalue weighted by molar-refractivity contribution is -0.0511. The minimum atomic E-state index is -1.29. The summed E-state index contributed by atoms with van der Waals surface area (Å²) >= 11 is 0. The number of fused-ring (bicyclic) bond motifs is 1. The van der Waals surface area contributed by atoms with Crippen LogP contribution in [0.15, 0.2) is 66.0 Å². The van der Waals surface area contributed by atoms with Gasteiger partial charge in [0.15, 0.2) is 17.7 Å². The van der Waals surface area contributed by atoms with Crippen LogP contribution in [0.25, 0.3) is 11.2 Å². The van der Waals surface area contributed by atoms with Crippen LogP contribution in [0.2, 0.25) is 0 Å². The minimum absolute atomic E-state index is 0.0968. The number of anilines is 2. The number of ether oxygens (including phenoxy) is 2. The molecule has 0 spiro atoms. The lowest BCUT2D eigenvalue weighted by Crippen LogP contribution is -2.33. The van der Waals surface area contributed by atoms with E-state index in [0.29, 0.717) is 17.9 Å². The van der Waals surface area contributed by atoms with Crippen LogP contribution in [-0.2, 0) is 11.3 Å². The van der Waals surface area contributed by atoms with Gasteiger partial charge in [0.2, 0.25) is 5.95 Å². The maximum absolute atomic E-state index is 10.4. The first kappa shape index (κ1) is 23.6. The Labute approximate surface area is 205 Å². The van der Waals surface area contributed by atoms with Gasteiger partial charge in [-0.15, -0.1) is 0 Å². The number of nitrogens with zero attached hydrogens (tertiary/aromatic N) is 5. The number of nitrogens with two attached hydrogens (primary N) is 1. The summed E-state index contributed by atoms with van der Waals surface area (Å²) in [5.41, 5.74) is 11.2. The number of hydrogen-bond donors (Lipinski definition) is 5. The lowest BCUT2D eigenvalue weighted by atomic mass is 10.1. The molecular weight excluding hydrogens is 466 g/mol. The Balaban J connectivity index is 1.30. The molecule has 2 aromatic carbocycles. The summed E-state index contributed by atoms with van der Waals surface area (Å²) < 4.78 is 12.9. The fourth-order valence-electron chi connectivity index (χ4n) is 3.87. The van der Waals surface area contributed by atoms with Crippen LogP contribution in [0, 0.1) is 0 Å². The third-order valence-electron chi connectivity index (χ3n) is 5.72. The lowest BCUT2D eigenvalue weighted by Gasteiger charge is -2.16. The molecule has 2 aromatic heterocycles. The monoisotopic (exact) mass is 491 g/mol. The molecule has 2 unspecified atom stereocenters. The van der Waals surface area contributed by atoms with Gasteiger partial charge in [-0.05, 0) is 23.3 Å². The van der Waals surface area contributed by atoms with Crippen LogP contribution < -0.4 is 15.9 Å². The molecule has 0 radical (unpaired) electrons. The largest absolute Gasteiger partial charge is 0.489 e. The second-order valence-corrected chi connectivity index (χ2v) is 8.20. The van der Waals surface area contributed by atoms with Crippen molar-refractivity contribution in [1.82, 2.24) is 19.5 Å². The topological polar surface area (TPSA) is 173 Å². The van der Waals surface area contributed by atoms with Crippen molar-refractivity contribution in [2.45, 2.75) is 31.1 Å². The van der Waals surface area contributed by atoms with E-state index in [-0.39, 0.29) is 17.4 Å². The molecule has 1 aliphatic rings. The van der Waals surface area contributed by atoms with Gasteiger partial charge in [0.05, 0.1) is 19.1 Å². The molecule has 6 N–H and O–H groups in total. The van der Waals surface area contributed by atoms with E-state index >= 15 is 0 Å². The highest BCUT2D eigenvalue weighted by Crippen LogP contribution is 2.32. The summed E-state index contributed by atoms with van der Waals surface area (Å²) in [4.78, 5) is 12.7. The normalized spacial score (nSPS) is 21.9. The van der Waals surface area contributed by atoms with Crippen molar-refractivity contribution in [2.24, 2.45) is 5.10 Å². The molecule has 0 aliphatic carbocycles. The fourth-order valence-corrected chi connectivity index (χ4v) is 3.87. The molecular formula is C24H25N7O5. The number of nitrogens with one attached hydrogen (secondary N) is 1. The first-order valence-electron chi connectivity index (χ1n) is 11.2. The van der Waals surface area contributed by atoms with Crippen molar-refractivity contribution in [2.75, 3.05) is 17.8 Å². The number of imidazole rings is 1. The fraction of sp³-hybridized carbons (Fsp3) is 0.250. The average Bonchev–Trinajstić information content (AvgIpc) is 3.44. The number of benzene rings is 2. The molecule has 12 nitrogen and oxygen atoms in total. The van der Waals surface area contributed by atoms with Crippen molar-refractivity contribution in [3.8, 4) is 5.75 Å². The Bertz CT molecular complexity index is 1360. The molecule has 4 atom stereocenters. The van der Waals surface area contributed by atoms with Crippen molar-refractivity contribution < 1.29 is 24.8 Å². The van der Waals surface area contributed by atoms with Crippen LogP contribution >= 0.6 is 0 Å². The van der Waals surface area contributed by atoms with E-state index in [4.69, 9.17) is 15.2 Å². The van der Waals surface area contributed by atoms with Crippen molar-refractivity contribution in [1.29, 1.82) is 0 Å². The predicted octanol–water partition coefficient (Wildman–Crippen LogP) is 1.04. The first-order valence-corrected chi connectivity index (χ1v) is 11.2. The number of nitrogen functional groups attached to an aromatic ring is 1. The number of aliphatic hydroxyl groups is 3. The second kappa shape index (κ2) is 10.3. The van der Waals surface area contributed by atoms with Gasteiger partial charge in [-0.1, -0.05) is 42.5 Å². The summed E-state index contributed by atoms with van der Waals surface area (Å²) in [6.45, 7) is 0.00841. The highest BCUT2D eigenvalue weighted by molar-refractivity contribution is 5.83. The van der Waals surface area contributed by atoms with Gasteiger partial charge in [-0.2, -0.15) is 15.1 Å². The van der Waals surface area contributed by atoms with Crippen LogP contribution in [0.3, 0.4) is 0 Å². The molecule has 0 amide bonds. The predicted molar refractivity (Wildman–Crippen MR) is 131 cm³/mol. The van der Waals surface area contributed by atoms with Crippen LogP contribution in [0.5, 0.6) is 5.75 Å². The Kier molecular flexibility index (Phi) is 6.73. The minimum Gasteiger partial charge on any atom is -0.489 e. The third-order valence-corrected chi connectivity index (χ3v) is 5.72. The Morgan fingerprint density at radius 3 is 2.72 bits per heavy atom. The zero-order chi connectivity index (χ0) is 25.1. The van der Waals surface area contributed by atoms with Gasteiger partial charge in [-0.25, -0.2) is 10.4 Å². The molecule has 0 saturated carbocycles. The van der Waals surface area contributed by atoms with Gasteiger partial charge < -0.3 is 30.5 Å². The molecule has 36 heavy (non-hydrogen) atoms. The average molecular weight is 492 g/mol. The van der Waals surface area contributed by atoms with E-state index < -0.39 is 31.1 Å². The van der Waals surface area contributed by atoms with E-state index in [9.17, 15) is 15.3 Å². The molecule has 1 aliphatic heterocycles. The zero-order valence-electron chi connectivity index (χ0n) is 19.0. The van der Waals surface area contributed by atoms with Gasteiger partial charge in [-0.3, -0.25) is 4.57 Å².